The van der Waals surface area contributed by atoms with E-state index in [4.69, 9.17) is 12.2 Å². The van der Waals surface area contributed by atoms with Crippen LogP contribution in [0.5, 0.6) is 0 Å². The molecule has 36 heavy (non-hydrogen) atoms. The Morgan fingerprint density at radius 3 is 2.44 bits per heavy atom. The Morgan fingerprint density at radius 2 is 1.75 bits per heavy atom. The third-order valence-corrected chi connectivity index (χ3v) is 8.37. The van der Waals surface area contributed by atoms with E-state index in [1.54, 1.807) is 17.4 Å². The van der Waals surface area contributed by atoms with Crippen molar-refractivity contribution in [2.24, 2.45) is 0 Å². The minimum absolute atomic E-state index is 0.0222. The maximum Gasteiger partial charge on any atom is 0.270 e. The zero-order chi connectivity index (χ0) is 25.7. The van der Waals surface area contributed by atoms with Gasteiger partial charge in [0.25, 0.3) is 11.8 Å². The van der Waals surface area contributed by atoms with Gasteiger partial charge in [-0.1, -0.05) is 6.07 Å². The van der Waals surface area contributed by atoms with E-state index < -0.39 is 11.8 Å². The number of nitriles is 1. The molecule has 2 aliphatic rings. The molecule has 0 bridgehead atoms. The fourth-order valence-electron chi connectivity index (χ4n) is 5.20. The van der Waals surface area contributed by atoms with Crippen molar-refractivity contribution in [3.8, 4) is 11.1 Å². The molecule has 0 atom stereocenters. The van der Waals surface area contributed by atoms with Crippen molar-refractivity contribution < 1.29 is 9.59 Å². The number of hydrogen-bond donors (Lipinski definition) is 1. The quantitative estimate of drug-likeness (QED) is 0.290. The van der Waals surface area contributed by atoms with Crippen LogP contribution >= 0.6 is 23.6 Å². The molecule has 0 spiro atoms. The van der Waals surface area contributed by atoms with Crippen molar-refractivity contribution in [3.05, 3.63) is 73.9 Å². The molecule has 1 aromatic carbocycles. The Bertz CT molecular complexity index is 1510. The monoisotopic (exact) mass is 514 g/mol. The number of nitrogens with one attached hydrogen (secondary N) is 1. The predicted molar refractivity (Wildman–Crippen MR) is 147 cm³/mol. The molecule has 5 rings (SSSR count). The van der Waals surface area contributed by atoms with E-state index in [-0.39, 0.29) is 10.7 Å². The van der Waals surface area contributed by atoms with Crippen LogP contribution < -0.4 is 10.2 Å². The summed E-state index contributed by atoms with van der Waals surface area (Å²) in [6.07, 6.45) is 5.83. The Kier molecular flexibility index (Phi) is 6.15. The predicted octanol–water partition coefficient (Wildman–Crippen LogP) is 5.35. The van der Waals surface area contributed by atoms with Crippen LogP contribution in [-0.4, -0.2) is 21.5 Å². The topological polar surface area (TPSA) is 78.1 Å². The van der Waals surface area contributed by atoms with E-state index in [0.29, 0.717) is 5.69 Å². The number of fused-ring (bicyclic) bond motifs is 1. The first-order chi connectivity index (χ1) is 17.2. The maximum atomic E-state index is 13.5. The Labute approximate surface area is 219 Å². The second-order valence-electron chi connectivity index (χ2n) is 9.47. The summed E-state index contributed by atoms with van der Waals surface area (Å²) in [6.45, 7) is 7.84. The highest BCUT2D eigenvalue weighted by Gasteiger charge is 2.35. The van der Waals surface area contributed by atoms with Crippen LogP contribution in [0.3, 0.4) is 0 Å². The summed E-state index contributed by atoms with van der Waals surface area (Å²) in [7, 11) is 0. The van der Waals surface area contributed by atoms with Crippen molar-refractivity contribution in [2.45, 2.75) is 53.4 Å². The van der Waals surface area contributed by atoms with Gasteiger partial charge in [-0.15, -0.1) is 11.3 Å². The fourth-order valence-corrected chi connectivity index (χ4v) is 6.93. The largest absolute Gasteiger partial charge is 0.308 e. The van der Waals surface area contributed by atoms with Crippen molar-refractivity contribution in [2.75, 3.05) is 4.90 Å². The minimum Gasteiger partial charge on any atom is -0.308 e. The number of rotatable bonds is 3. The lowest BCUT2D eigenvalue weighted by Gasteiger charge is -2.29. The molecule has 3 heterocycles. The first-order valence-corrected chi connectivity index (χ1v) is 13.2. The molecule has 0 saturated carbocycles. The molecule has 182 valence electrons. The Morgan fingerprint density at radius 1 is 1.06 bits per heavy atom. The van der Waals surface area contributed by atoms with Crippen LogP contribution in [0.15, 0.2) is 29.8 Å². The SMILES string of the molecule is Cc1cc(C)cc(N2C(=O)/C(=C\c3cc(C)n(-c4sc5c(c4C#N)CCCC5)c3C)C(=O)NC2=S)c1. The van der Waals surface area contributed by atoms with Crippen molar-refractivity contribution in [1.82, 2.24) is 9.88 Å². The van der Waals surface area contributed by atoms with Gasteiger partial charge in [-0.05, 0) is 112 Å². The van der Waals surface area contributed by atoms with E-state index >= 15 is 0 Å². The maximum absolute atomic E-state index is 13.5. The number of carbonyl (C=O) groups is 2. The number of aryl methyl sites for hydroxylation is 4. The first kappa shape index (κ1) is 24.2. The second kappa shape index (κ2) is 9.16. The summed E-state index contributed by atoms with van der Waals surface area (Å²) >= 11 is 7.04. The summed E-state index contributed by atoms with van der Waals surface area (Å²) < 4.78 is 2.07. The molecular formula is C28H26N4O2S2. The molecule has 2 amide bonds. The molecule has 3 aromatic rings. The molecule has 1 fully saturated rings. The first-order valence-electron chi connectivity index (χ1n) is 11.9. The van der Waals surface area contributed by atoms with Gasteiger partial charge in [0.2, 0.25) is 0 Å². The lowest BCUT2D eigenvalue weighted by atomic mass is 9.96. The highest BCUT2D eigenvalue weighted by Crippen LogP contribution is 2.38. The third-order valence-electron chi connectivity index (χ3n) is 6.80. The van der Waals surface area contributed by atoms with Gasteiger partial charge < -0.3 is 4.57 Å². The number of thiophene rings is 1. The van der Waals surface area contributed by atoms with E-state index in [1.807, 2.05) is 52.0 Å². The molecular weight excluding hydrogens is 488 g/mol. The van der Waals surface area contributed by atoms with Crippen LogP contribution in [-0.2, 0) is 22.4 Å². The van der Waals surface area contributed by atoms with Crippen LogP contribution in [0.1, 0.15) is 56.9 Å². The summed E-state index contributed by atoms with van der Waals surface area (Å²) in [5.74, 6) is -0.970. The molecule has 0 unspecified atom stereocenters. The number of hydrogen-bond acceptors (Lipinski definition) is 5. The lowest BCUT2D eigenvalue weighted by Crippen LogP contribution is -2.54. The molecule has 1 aliphatic heterocycles. The molecule has 6 nitrogen and oxygen atoms in total. The molecule has 2 aromatic heterocycles. The van der Waals surface area contributed by atoms with Gasteiger partial charge in [0.15, 0.2) is 5.11 Å². The number of amides is 2. The zero-order valence-electron chi connectivity index (χ0n) is 20.7. The van der Waals surface area contributed by atoms with E-state index in [0.717, 1.165) is 64.3 Å². The second-order valence-corrected chi connectivity index (χ2v) is 10.9. The number of carbonyl (C=O) groups excluding carboxylic acids is 2. The Balaban J connectivity index is 1.58. The van der Waals surface area contributed by atoms with Crippen LogP contribution in [0.25, 0.3) is 11.1 Å². The van der Waals surface area contributed by atoms with Gasteiger partial charge in [-0.3, -0.25) is 19.8 Å². The van der Waals surface area contributed by atoms with Crippen LogP contribution in [0.2, 0.25) is 0 Å². The molecule has 1 N–H and O–H groups in total. The normalized spacial score (nSPS) is 16.8. The van der Waals surface area contributed by atoms with Crippen LogP contribution in [0, 0.1) is 39.0 Å². The molecule has 1 aliphatic carbocycles. The number of anilines is 1. The van der Waals surface area contributed by atoms with E-state index in [9.17, 15) is 14.9 Å². The average molecular weight is 515 g/mol. The summed E-state index contributed by atoms with van der Waals surface area (Å²) in [6, 6.07) is 10.2. The van der Waals surface area contributed by atoms with Gasteiger partial charge in [-0.25, -0.2) is 0 Å². The fraction of sp³-hybridized carbons (Fsp3) is 0.286. The number of aromatic nitrogens is 1. The lowest BCUT2D eigenvalue weighted by molar-refractivity contribution is -0.122. The van der Waals surface area contributed by atoms with Gasteiger partial charge in [0, 0.05) is 16.3 Å². The molecule has 1 saturated heterocycles. The number of nitrogens with zero attached hydrogens (tertiary/aromatic N) is 3. The average Bonchev–Trinajstić information content (AvgIpc) is 3.31. The highest BCUT2D eigenvalue weighted by molar-refractivity contribution is 7.80. The minimum atomic E-state index is -0.514. The summed E-state index contributed by atoms with van der Waals surface area (Å²) in [5, 5.41) is 13.6. The number of benzene rings is 1. The number of thiocarbonyl (C=S) groups is 1. The smallest absolute Gasteiger partial charge is 0.270 e. The van der Waals surface area contributed by atoms with Gasteiger partial charge in [-0.2, -0.15) is 5.26 Å². The van der Waals surface area contributed by atoms with Gasteiger partial charge in [0.1, 0.15) is 16.6 Å². The van der Waals surface area contributed by atoms with Crippen molar-refractivity contribution >= 4 is 52.2 Å². The molecule has 8 heteroatoms. The van der Waals surface area contributed by atoms with Gasteiger partial charge in [0.05, 0.1) is 11.3 Å². The van der Waals surface area contributed by atoms with Crippen LogP contribution in [0.4, 0.5) is 5.69 Å². The summed E-state index contributed by atoms with van der Waals surface area (Å²) in [4.78, 5) is 29.1. The van der Waals surface area contributed by atoms with E-state index in [1.165, 1.54) is 15.3 Å². The van der Waals surface area contributed by atoms with Crippen molar-refractivity contribution in [3.63, 3.8) is 0 Å². The molecule has 0 radical (unpaired) electrons. The van der Waals surface area contributed by atoms with Crippen molar-refractivity contribution in [1.29, 1.82) is 5.26 Å². The Hall–Kier alpha value is -3.54. The van der Waals surface area contributed by atoms with Gasteiger partial charge >= 0.3 is 0 Å². The summed E-state index contributed by atoms with van der Waals surface area (Å²) in [5.41, 5.74) is 7.15. The highest BCUT2D eigenvalue weighted by atomic mass is 32.1. The zero-order valence-corrected chi connectivity index (χ0v) is 22.3. The third kappa shape index (κ3) is 3.98. The van der Waals surface area contributed by atoms with E-state index in [2.05, 4.69) is 16.0 Å². The standard InChI is InChI=1S/C28H26N4O2S2/c1-15-9-16(2)11-20(10-15)32-26(34)22(25(33)30-28(32)35)13-19-12-17(3)31(18(19)4)27-23(14-29)21-7-5-6-8-24(21)36-27/h9-13H,5-8H2,1-4H3,(H,30,33,35)/b22-13-.